The van der Waals surface area contributed by atoms with Crippen molar-refractivity contribution in [2.75, 3.05) is 6.54 Å². The molecule has 1 aliphatic rings. The predicted molar refractivity (Wildman–Crippen MR) is 100 cm³/mol. The van der Waals surface area contributed by atoms with Gasteiger partial charge in [-0.1, -0.05) is 22.8 Å². The van der Waals surface area contributed by atoms with Crippen molar-refractivity contribution in [1.29, 1.82) is 0 Å². The van der Waals surface area contributed by atoms with Crippen LogP contribution in [0.3, 0.4) is 0 Å². The quantitative estimate of drug-likeness (QED) is 0.609. The zero-order valence-corrected chi connectivity index (χ0v) is 16.0. The lowest BCUT2D eigenvalue weighted by molar-refractivity contribution is -0.137. The molecule has 6 nitrogen and oxygen atoms in total. The third kappa shape index (κ3) is 3.56. The SMILES string of the molecule is O=C(c1cccc(C(F)(F)F)c1)N1CCc2noc(-c3cc(Cl)c(O)cc3O)c2C1. The molecule has 0 aliphatic carbocycles. The number of amides is 1. The van der Waals surface area contributed by atoms with E-state index in [1.54, 1.807) is 0 Å². The highest BCUT2D eigenvalue weighted by atomic mass is 35.5. The zero-order chi connectivity index (χ0) is 21.6. The molecule has 0 bridgehead atoms. The molecule has 10 heteroatoms. The lowest BCUT2D eigenvalue weighted by Gasteiger charge is -2.26. The van der Waals surface area contributed by atoms with Gasteiger partial charge in [-0.25, -0.2) is 0 Å². The second kappa shape index (κ2) is 7.24. The first-order valence-electron chi connectivity index (χ1n) is 8.81. The zero-order valence-electron chi connectivity index (χ0n) is 15.2. The summed E-state index contributed by atoms with van der Waals surface area (Å²) in [6.45, 7) is 0.275. The predicted octanol–water partition coefficient (Wildman–Crippen LogP) is 4.62. The van der Waals surface area contributed by atoms with E-state index in [1.807, 2.05) is 0 Å². The summed E-state index contributed by atoms with van der Waals surface area (Å²) in [7, 11) is 0. The number of hydrogen-bond acceptors (Lipinski definition) is 5. The molecule has 0 saturated heterocycles. The average Bonchev–Trinajstić information content (AvgIpc) is 3.12. The van der Waals surface area contributed by atoms with E-state index in [4.69, 9.17) is 16.1 Å². The number of carbonyl (C=O) groups excluding carboxylic acids is 1. The van der Waals surface area contributed by atoms with Crippen molar-refractivity contribution in [1.82, 2.24) is 10.1 Å². The molecule has 3 aromatic rings. The number of alkyl halides is 3. The maximum absolute atomic E-state index is 13.0. The summed E-state index contributed by atoms with van der Waals surface area (Å²) < 4.78 is 44.3. The average molecular weight is 439 g/mol. The van der Waals surface area contributed by atoms with Gasteiger partial charge in [0, 0.05) is 30.2 Å². The van der Waals surface area contributed by atoms with Crippen molar-refractivity contribution >= 4 is 17.5 Å². The maximum Gasteiger partial charge on any atom is 0.416 e. The van der Waals surface area contributed by atoms with Crippen LogP contribution in [-0.2, 0) is 19.1 Å². The Morgan fingerprint density at radius 2 is 1.93 bits per heavy atom. The van der Waals surface area contributed by atoms with Gasteiger partial charge in [-0.3, -0.25) is 4.79 Å². The van der Waals surface area contributed by atoms with Crippen molar-refractivity contribution in [2.24, 2.45) is 0 Å². The fraction of sp³-hybridized carbons (Fsp3) is 0.200. The number of halogens is 4. The molecule has 0 fully saturated rings. The van der Waals surface area contributed by atoms with E-state index in [9.17, 15) is 28.2 Å². The molecule has 1 aliphatic heterocycles. The van der Waals surface area contributed by atoms with Crippen LogP contribution in [0.15, 0.2) is 40.9 Å². The Labute approximate surface area is 173 Å². The molecule has 1 aromatic heterocycles. The molecule has 0 atom stereocenters. The van der Waals surface area contributed by atoms with E-state index in [0.717, 1.165) is 18.2 Å². The first-order valence-corrected chi connectivity index (χ1v) is 9.18. The number of benzene rings is 2. The van der Waals surface area contributed by atoms with Crippen molar-refractivity contribution in [3.8, 4) is 22.8 Å². The van der Waals surface area contributed by atoms with E-state index in [0.29, 0.717) is 17.7 Å². The van der Waals surface area contributed by atoms with Gasteiger partial charge in [0.05, 0.1) is 28.4 Å². The van der Waals surface area contributed by atoms with E-state index in [2.05, 4.69) is 5.16 Å². The van der Waals surface area contributed by atoms with Gasteiger partial charge in [-0.2, -0.15) is 13.2 Å². The third-order valence-electron chi connectivity index (χ3n) is 4.87. The molecule has 4 rings (SSSR count). The van der Waals surface area contributed by atoms with Crippen LogP contribution in [-0.4, -0.2) is 32.7 Å². The van der Waals surface area contributed by atoms with Gasteiger partial charge < -0.3 is 19.6 Å². The fourth-order valence-corrected chi connectivity index (χ4v) is 3.50. The van der Waals surface area contributed by atoms with Crippen molar-refractivity contribution in [3.05, 3.63) is 63.8 Å². The Morgan fingerprint density at radius 3 is 2.67 bits per heavy atom. The smallest absolute Gasteiger partial charge is 0.416 e. The molecule has 0 saturated carbocycles. The number of aromatic nitrogens is 1. The fourth-order valence-electron chi connectivity index (χ4n) is 3.34. The van der Waals surface area contributed by atoms with Crippen LogP contribution in [0.2, 0.25) is 5.02 Å². The highest BCUT2D eigenvalue weighted by Gasteiger charge is 2.33. The largest absolute Gasteiger partial charge is 0.507 e. The molecule has 0 unspecified atom stereocenters. The van der Waals surface area contributed by atoms with Crippen molar-refractivity contribution in [3.63, 3.8) is 0 Å². The summed E-state index contributed by atoms with van der Waals surface area (Å²) in [5, 5.41) is 23.7. The van der Waals surface area contributed by atoms with Gasteiger partial charge in [-0.05, 0) is 24.3 Å². The third-order valence-corrected chi connectivity index (χ3v) is 5.17. The topological polar surface area (TPSA) is 86.8 Å². The Bertz CT molecular complexity index is 1140. The highest BCUT2D eigenvalue weighted by molar-refractivity contribution is 6.32. The van der Waals surface area contributed by atoms with Crippen molar-refractivity contribution in [2.45, 2.75) is 19.1 Å². The van der Waals surface area contributed by atoms with Crippen LogP contribution in [0.5, 0.6) is 11.5 Å². The molecule has 2 heterocycles. The van der Waals surface area contributed by atoms with Gasteiger partial charge in [0.25, 0.3) is 5.91 Å². The van der Waals surface area contributed by atoms with E-state index in [-0.39, 0.29) is 46.5 Å². The van der Waals surface area contributed by atoms with E-state index in [1.165, 1.54) is 23.1 Å². The number of carbonyl (C=O) groups is 1. The summed E-state index contributed by atoms with van der Waals surface area (Å²) in [6.07, 6.45) is -4.22. The minimum atomic E-state index is -4.55. The van der Waals surface area contributed by atoms with E-state index < -0.39 is 17.6 Å². The van der Waals surface area contributed by atoms with Gasteiger partial charge in [-0.15, -0.1) is 0 Å². The maximum atomic E-state index is 13.0. The lowest BCUT2D eigenvalue weighted by Crippen LogP contribution is -2.36. The minimum absolute atomic E-state index is 0.0133. The number of phenolic OH excluding ortho intramolecular Hbond substituents is 2. The summed E-state index contributed by atoms with van der Waals surface area (Å²) >= 11 is 5.92. The molecule has 30 heavy (non-hydrogen) atoms. The molecule has 0 spiro atoms. The van der Waals surface area contributed by atoms with Crippen molar-refractivity contribution < 1.29 is 32.7 Å². The lowest BCUT2D eigenvalue weighted by atomic mass is 10.00. The standard InChI is InChI=1S/C20H14ClF3N2O4/c21-14-7-12(16(27)8-17(14)28)18-13-9-26(5-4-15(13)25-30-18)19(29)10-2-1-3-11(6-10)20(22,23)24/h1-3,6-8,27-28H,4-5,9H2. The number of nitrogens with zero attached hydrogens (tertiary/aromatic N) is 2. The molecule has 0 radical (unpaired) electrons. The summed E-state index contributed by atoms with van der Waals surface area (Å²) in [5.41, 5.74) is 0.280. The normalized spacial score (nSPS) is 13.9. The van der Waals surface area contributed by atoms with Gasteiger partial charge in [0.2, 0.25) is 0 Å². The number of aromatic hydroxyl groups is 2. The Balaban J connectivity index is 1.66. The summed E-state index contributed by atoms with van der Waals surface area (Å²) in [4.78, 5) is 14.2. The molecule has 2 N–H and O–H groups in total. The van der Waals surface area contributed by atoms with Gasteiger partial charge in [0.1, 0.15) is 11.5 Å². The van der Waals surface area contributed by atoms with Gasteiger partial charge in [0.15, 0.2) is 5.76 Å². The van der Waals surface area contributed by atoms with Crippen LogP contribution in [0.4, 0.5) is 13.2 Å². The first kappa shape index (κ1) is 20.1. The second-order valence-electron chi connectivity index (χ2n) is 6.81. The first-order chi connectivity index (χ1) is 14.1. The number of rotatable bonds is 2. The molecular weight excluding hydrogens is 425 g/mol. The summed E-state index contributed by atoms with van der Waals surface area (Å²) in [6, 6.07) is 6.60. The molecular formula is C20H14ClF3N2O4. The Kier molecular flexibility index (Phi) is 4.85. The molecule has 156 valence electrons. The van der Waals surface area contributed by atoms with Gasteiger partial charge >= 0.3 is 6.18 Å². The van der Waals surface area contributed by atoms with Crippen LogP contribution < -0.4 is 0 Å². The number of fused-ring (bicyclic) bond motifs is 1. The molecule has 2 aromatic carbocycles. The number of hydrogen-bond donors (Lipinski definition) is 2. The van der Waals surface area contributed by atoms with Crippen LogP contribution in [0, 0.1) is 0 Å². The highest BCUT2D eigenvalue weighted by Crippen LogP contribution is 2.40. The Hall–Kier alpha value is -3.20. The molecule has 1 amide bonds. The van der Waals surface area contributed by atoms with Crippen LogP contribution >= 0.6 is 11.6 Å². The second-order valence-corrected chi connectivity index (χ2v) is 7.22. The number of phenols is 2. The van der Waals surface area contributed by atoms with Crippen LogP contribution in [0.25, 0.3) is 11.3 Å². The Morgan fingerprint density at radius 1 is 1.17 bits per heavy atom. The monoisotopic (exact) mass is 438 g/mol. The van der Waals surface area contributed by atoms with E-state index >= 15 is 0 Å². The van der Waals surface area contributed by atoms with Crippen LogP contribution in [0.1, 0.15) is 27.2 Å². The summed E-state index contributed by atoms with van der Waals surface area (Å²) in [5.74, 6) is -0.998. The minimum Gasteiger partial charge on any atom is -0.507 e.